The number of anilines is 1. The van der Waals surface area contributed by atoms with E-state index in [0.717, 1.165) is 17.5 Å². The zero-order valence-electron chi connectivity index (χ0n) is 14.5. The second-order valence-electron chi connectivity index (χ2n) is 5.91. The quantitative estimate of drug-likeness (QED) is 0.649. The van der Waals surface area contributed by atoms with Crippen molar-refractivity contribution < 1.29 is 9.18 Å². The van der Waals surface area contributed by atoms with Crippen molar-refractivity contribution in [2.24, 2.45) is 0 Å². The molecular formula is C20H18ClFN4O. The average molecular weight is 385 g/mol. The van der Waals surface area contributed by atoms with Crippen LogP contribution in [0, 0.1) is 5.82 Å². The molecule has 0 aliphatic rings. The maximum absolute atomic E-state index is 12.9. The lowest BCUT2D eigenvalue weighted by atomic mass is 10.1. The molecule has 0 fully saturated rings. The number of halogens is 2. The van der Waals surface area contributed by atoms with Crippen LogP contribution >= 0.6 is 11.6 Å². The summed E-state index contributed by atoms with van der Waals surface area (Å²) in [7, 11) is 0. The summed E-state index contributed by atoms with van der Waals surface area (Å²) in [6.45, 7) is 0.954. The number of aromatic nitrogens is 2. The van der Waals surface area contributed by atoms with Gasteiger partial charge in [-0.2, -0.15) is 0 Å². The molecule has 0 saturated heterocycles. The molecular weight excluding hydrogens is 367 g/mol. The van der Waals surface area contributed by atoms with E-state index in [-0.39, 0.29) is 11.7 Å². The van der Waals surface area contributed by atoms with Crippen molar-refractivity contribution in [1.29, 1.82) is 0 Å². The van der Waals surface area contributed by atoms with E-state index in [9.17, 15) is 9.18 Å². The average Bonchev–Trinajstić information content (AvgIpc) is 2.68. The van der Waals surface area contributed by atoms with Crippen molar-refractivity contribution in [3.05, 3.63) is 88.5 Å². The Labute approximate surface area is 161 Å². The number of benzene rings is 2. The lowest BCUT2D eigenvalue weighted by Gasteiger charge is -2.07. The van der Waals surface area contributed by atoms with Gasteiger partial charge in [-0.15, -0.1) is 0 Å². The summed E-state index contributed by atoms with van der Waals surface area (Å²) in [4.78, 5) is 20.4. The Morgan fingerprint density at radius 1 is 1.04 bits per heavy atom. The maximum atomic E-state index is 12.9. The highest BCUT2D eigenvalue weighted by atomic mass is 35.5. The van der Waals surface area contributed by atoms with E-state index in [1.165, 1.54) is 24.5 Å². The number of nitrogens with one attached hydrogen (secondary N) is 2. The van der Waals surface area contributed by atoms with Gasteiger partial charge in [0.25, 0.3) is 5.91 Å². The van der Waals surface area contributed by atoms with Crippen LogP contribution in [0.2, 0.25) is 5.02 Å². The van der Waals surface area contributed by atoms with E-state index in [1.807, 2.05) is 24.3 Å². The molecule has 0 aliphatic carbocycles. The minimum absolute atomic E-state index is 0.287. The highest BCUT2D eigenvalue weighted by molar-refractivity contribution is 6.30. The van der Waals surface area contributed by atoms with Gasteiger partial charge in [0, 0.05) is 30.5 Å². The topological polar surface area (TPSA) is 66.9 Å². The molecule has 0 saturated carbocycles. The van der Waals surface area contributed by atoms with Gasteiger partial charge in [-0.1, -0.05) is 35.9 Å². The Morgan fingerprint density at radius 2 is 1.78 bits per heavy atom. The smallest absolute Gasteiger partial charge is 0.254 e. The number of hydrogen-bond donors (Lipinski definition) is 2. The monoisotopic (exact) mass is 384 g/mol. The summed E-state index contributed by atoms with van der Waals surface area (Å²) in [5.41, 5.74) is 2.29. The molecule has 0 atom stereocenters. The number of carbonyl (C=O) groups is 1. The standard InChI is InChI=1S/C20H18ClFN4O/c21-17-3-1-2-14(10-17)8-9-23-20-25-12-16(13-26-20)19(27)24-11-15-4-6-18(22)7-5-15/h1-7,10,12-13H,8-9,11H2,(H,24,27)(H,23,25,26). The van der Waals surface area contributed by atoms with Gasteiger partial charge in [-0.25, -0.2) is 14.4 Å². The van der Waals surface area contributed by atoms with Gasteiger partial charge in [0.15, 0.2) is 0 Å². The predicted molar refractivity (Wildman–Crippen MR) is 103 cm³/mol. The van der Waals surface area contributed by atoms with E-state index in [1.54, 1.807) is 12.1 Å². The lowest BCUT2D eigenvalue weighted by Crippen LogP contribution is -2.23. The SMILES string of the molecule is O=C(NCc1ccc(F)cc1)c1cnc(NCCc2cccc(Cl)c2)nc1. The van der Waals surface area contributed by atoms with E-state index in [4.69, 9.17) is 11.6 Å². The summed E-state index contributed by atoms with van der Waals surface area (Å²) >= 11 is 5.96. The van der Waals surface area contributed by atoms with Crippen molar-refractivity contribution in [3.8, 4) is 0 Å². The van der Waals surface area contributed by atoms with Crippen LogP contribution in [0.15, 0.2) is 60.9 Å². The molecule has 0 bridgehead atoms. The molecule has 0 spiro atoms. The van der Waals surface area contributed by atoms with Crippen molar-refractivity contribution in [2.75, 3.05) is 11.9 Å². The summed E-state index contributed by atoms with van der Waals surface area (Å²) in [6.07, 6.45) is 3.72. The predicted octanol–water partition coefficient (Wildman–Crippen LogP) is 3.85. The first kappa shape index (κ1) is 18.8. The molecule has 138 valence electrons. The fourth-order valence-electron chi connectivity index (χ4n) is 2.43. The van der Waals surface area contributed by atoms with Crippen molar-refractivity contribution >= 4 is 23.5 Å². The molecule has 5 nitrogen and oxygen atoms in total. The molecule has 1 aromatic heterocycles. The molecule has 2 N–H and O–H groups in total. The molecule has 3 aromatic rings. The van der Waals surface area contributed by atoms with E-state index < -0.39 is 0 Å². The van der Waals surface area contributed by atoms with Crippen LogP contribution in [0.3, 0.4) is 0 Å². The highest BCUT2D eigenvalue weighted by Crippen LogP contribution is 2.11. The summed E-state index contributed by atoms with van der Waals surface area (Å²) in [5.74, 6) is -0.145. The van der Waals surface area contributed by atoms with Crippen LogP contribution < -0.4 is 10.6 Å². The second kappa shape index (κ2) is 9.09. The van der Waals surface area contributed by atoms with Crippen LogP contribution in [0.1, 0.15) is 21.5 Å². The first-order valence-electron chi connectivity index (χ1n) is 8.43. The molecule has 27 heavy (non-hydrogen) atoms. The summed E-state index contributed by atoms with van der Waals surface area (Å²) in [6, 6.07) is 13.6. The van der Waals surface area contributed by atoms with Gasteiger partial charge in [-0.05, 0) is 41.8 Å². The van der Waals surface area contributed by atoms with Gasteiger partial charge in [0.05, 0.1) is 5.56 Å². The van der Waals surface area contributed by atoms with Crippen LogP contribution in [-0.4, -0.2) is 22.4 Å². The third-order valence-electron chi connectivity index (χ3n) is 3.87. The summed E-state index contributed by atoms with van der Waals surface area (Å²) < 4.78 is 12.9. The number of amides is 1. The molecule has 0 unspecified atom stereocenters. The van der Waals surface area contributed by atoms with Crippen LogP contribution in [0.25, 0.3) is 0 Å². The van der Waals surface area contributed by atoms with Crippen LogP contribution in [0.4, 0.5) is 10.3 Å². The number of nitrogens with zero attached hydrogens (tertiary/aromatic N) is 2. The fraction of sp³-hybridized carbons (Fsp3) is 0.150. The zero-order valence-corrected chi connectivity index (χ0v) is 15.2. The minimum atomic E-state index is -0.308. The largest absolute Gasteiger partial charge is 0.354 e. The van der Waals surface area contributed by atoms with Gasteiger partial charge in [0.1, 0.15) is 5.82 Å². The molecule has 3 rings (SSSR count). The van der Waals surface area contributed by atoms with E-state index in [0.29, 0.717) is 29.6 Å². The Balaban J connectivity index is 1.47. The molecule has 2 aromatic carbocycles. The molecule has 7 heteroatoms. The van der Waals surface area contributed by atoms with Gasteiger partial charge >= 0.3 is 0 Å². The lowest BCUT2D eigenvalue weighted by molar-refractivity contribution is 0.0950. The molecule has 0 aliphatic heterocycles. The molecule has 1 heterocycles. The molecule has 0 radical (unpaired) electrons. The third kappa shape index (κ3) is 5.76. The minimum Gasteiger partial charge on any atom is -0.354 e. The fourth-order valence-corrected chi connectivity index (χ4v) is 2.65. The van der Waals surface area contributed by atoms with Gasteiger partial charge < -0.3 is 10.6 Å². The first-order valence-corrected chi connectivity index (χ1v) is 8.81. The zero-order chi connectivity index (χ0) is 19.1. The number of carbonyl (C=O) groups excluding carboxylic acids is 1. The van der Waals surface area contributed by atoms with Crippen molar-refractivity contribution in [3.63, 3.8) is 0 Å². The normalized spacial score (nSPS) is 10.4. The van der Waals surface area contributed by atoms with E-state index >= 15 is 0 Å². The highest BCUT2D eigenvalue weighted by Gasteiger charge is 2.07. The van der Waals surface area contributed by atoms with Gasteiger partial charge in [0.2, 0.25) is 5.95 Å². The van der Waals surface area contributed by atoms with Crippen molar-refractivity contribution in [1.82, 2.24) is 15.3 Å². The van der Waals surface area contributed by atoms with E-state index in [2.05, 4.69) is 20.6 Å². The Hall–Kier alpha value is -2.99. The number of hydrogen-bond acceptors (Lipinski definition) is 4. The number of rotatable bonds is 7. The Morgan fingerprint density at radius 3 is 2.48 bits per heavy atom. The maximum Gasteiger partial charge on any atom is 0.254 e. The summed E-state index contributed by atoms with van der Waals surface area (Å²) in [5, 5.41) is 6.57. The Bertz CT molecular complexity index is 901. The van der Waals surface area contributed by atoms with Crippen LogP contribution in [0.5, 0.6) is 0 Å². The third-order valence-corrected chi connectivity index (χ3v) is 4.10. The Kier molecular flexibility index (Phi) is 6.33. The first-order chi connectivity index (χ1) is 13.1. The second-order valence-corrected chi connectivity index (χ2v) is 6.35. The van der Waals surface area contributed by atoms with Crippen molar-refractivity contribution in [2.45, 2.75) is 13.0 Å². The molecule has 1 amide bonds. The van der Waals surface area contributed by atoms with Crippen LogP contribution in [-0.2, 0) is 13.0 Å². The van der Waals surface area contributed by atoms with Gasteiger partial charge in [-0.3, -0.25) is 4.79 Å².